The molecule has 1 N–H and O–H groups in total. The van der Waals surface area contributed by atoms with Crippen LogP contribution in [-0.2, 0) is 29.5 Å². The van der Waals surface area contributed by atoms with Crippen LogP contribution in [0.4, 0.5) is 9.18 Å². The Bertz CT molecular complexity index is 1150. The minimum Gasteiger partial charge on any atom is -0.444 e. The number of aliphatic imine (C=N–C) groups is 1. The number of hydrogen-bond donors (Lipinski definition) is 1. The van der Waals surface area contributed by atoms with E-state index in [9.17, 15) is 13.2 Å². The second-order valence-corrected chi connectivity index (χ2v) is 18.7. The van der Waals surface area contributed by atoms with Crippen molar-refractivity contribution in [2.45, 2.75) is 82.2 Å². The molecule has 0 radical (unpaired) electrons. The Kier molecular flexibility index (Phi) is 7.43. The summed E-state index contributed by atoms with van der Waals surface area (Å²) in [6.45, 7) is 15.3. The Balaban J connectivity index is 2.09. The monoisotopic (exact) mass is 543 g/mol. The summed E-state index contributed by atoms with van der Waals surface area (Å²) in [6.07, 6.45) is -1.76. The van der Waals surface area contributed by atoms with Crippen molar-refractivity contribution in [1.29, 1.82) is 0 Å². The quantitative estimate of drug-likeness (QED) is 0.576. The number of carbonyl (C=O) groups excluding carboxylic acids is 1. The fraction of sp³-hybridized carbons (Fsp3) is 0.667. The van der Waals surface area contributed by atoms with Gasteiger partial charge in [-0.1, -0.05) is 39.0 Å². The Morgan fingerprint density at radius 2 is 1.86 bits per heavy atom. The highest BCUT2D eigenvalue weighted by Crippen LogP contribution is 2.47. The summed E-state index contributed by atoms with van der Waals surface area (Å²) in [7, 11) is -5.12. The fourth-order valence-corrected chi connectivity index (χ4v) is 7.01. The molecule has 3 unspecified atom stereocenters. The smallest absolute Gasteiger partial charge is 0.414 e. The standard InChI is InChI=1S/C24H38FN3O6SSi/c1-22(2,3)34-21(29)26-20-27-24(16-12-10-11-13-17(16)25)15-32-18(19(24)35(30,31)28(20)7)14-33-36(8,9)23(4,5)6/h10-13,18-19H,14-15H2,1-9H3,(H,26,27,29). The number of sulfonamides is 1. The van der Waals surface area contributed by atoms with Crippen molar-refractivity contribution in [3.8, 4) is 0 Å². The van der Waals surface area contributed by atoms with Crippen LogP contribution >= 0.6 is 0 Å². The zero-order chi connectivity index (χ0) is 27.3. The average molecular weight is 544 g/mol. The van der Waals surface area contributed by atoms with E-state index in [4.69, 9.17) is 13.9 Å². The molecule has 2 aliphatic rings. The van der Waals surface area contributed by atoms with Gasteiger partial charge in [-0.15, -0.1) is 0 Å². The molecule has 12 heteroatoms. The molecule has 2 aliphatic heterocycles. The fourth-order valence-electron chi connectivity index (χ4n) is 4.04. The van der Waals surface area contributed by atoms with E-state index in [2.05, 4.69) is 44.2 Å². The van der Waals surface area contributed by atoms with Gasteiger partial charge in [0.25, 0.3) is 0 Å². The zero-order valence-electron chi connectivity index (χ0n) is 22.5. The molecule has 0 saturated carbocycles. The van der Waals surface area contributed by atoms with E-state index in [1.54, 1.807) is 26.8 Å². The van der Waals surface area contributed by atoms with E-state index in [1.165, 1.54) is 25.2 Å². The molecule has 1 fully saturated rings. The van der Waals surface area contributed by atoms with Gasteiger partial charge < -0.3 is 13.9 Å². The lowest BCUT2D eigenvalue weighted by atomic mass is 9.87. The van der Waals surface area contributed by atoms with Gasteiger partial charge in [-0.05, 0) is 45.0 Å². The molecule has 1 amide bonds. The van der Waals surface area contributed by atoms with Crippen LogP contribution in [0.5, 0.6) is 0 Å². The lowest BCUT2D eigenvalue weighted by Gasteiger charge is -2.41. The average Bonchev–Trinajstić information content (AvgIpc) is 3.09. The topological polar surface area (TPSA) is 107 Å². The Labute approximate surface area is 214 Å². The van der Waals surface area contributed by atoms with Crippen molar-refractivity contribution >= 4 is 30.4 Å². The molecule has 1 aromatic rings. The van der Waals surface area contributed by atoms with Crippen molar-refractivity contribution in [3.63, 3.8) is 0 Å². The number of ether oxygens (including phenoxy) is 2. The lowest BCUT2D eigenvalue weighted by Crippen LogP contribution is -2.61. The van der Waals surface area contributed by atoms with Crippen LogP contribution in [0.15, 0.2) is 29.3 Å². The molecule has 0 bridgehead atoms. The third-order valence-electron chi connectivity index (χ3n) is 7.00. The Hall–Kier alpha value is -2.02. The maximum absolute atomic E-state index is 15.2. The number of nitrogens with zero attached hydrogens (tertiary/aromatic N) is 2. The van der Waals surface area contributed by atoms with Crippen molar-refractivity contribution in [3.05, 3.63) is 35.6 Å². The maximum Gasteiger partial charge on any atom is 0.414 e. The second kappa shape index (κ2) is 9.37. The van der Waals surface area contributed by atoms with Gasteiger partial charge in [0.2, 0.25) is 16.0 Å². The first-order valence-electron chi connectivity index (χ1n) is 11.9. The van der Waals surface area contributed by atoms with E-state index in [0.29, 0.717) is 0 Å². The summed E-state index contributed by atoms with van der Waals surface area (Å²) < 4.78 is 61.5. The summed E-state index contributed by atoms with van der Waals surface area (Å²) in [6, 6.07) is 5.89. The first kappa shape index (κ1) is 28.5. The van der Waals surface area contributed by atoms with Crippen LogP contribution in [0.2, 0.25) is 18.1 Å². The first-order chi connectivity index (χ1) is 16.3. The first-order valence-corrected chi connectivity index (χ1v) is 16.3. The van der Waals surface area contributed by atoms with Gasteiger partial charge in [0, 0.05) is 12.6 Å². The number of benzene rings is 1. The van der Waals surface area contributed by atoms with E-state index in [-0.39, 0.29) is 29.8 Å². The predicted octanol–water partition coefficient (Wildman–Crippen LogP) is 3.97. The van der Waals surface area contributed by atoms with E-state index < -0.39 is 52.7 Å². The SMILES string of the molecule is CN1C(NC(=O)OC(C)(C)C)=NC2(c3ccccc3F)COC(CO[Si](C)(C)C(C)(C)C)C2S1(=O)=O. The summed E-state index contributed by atoms with van der Waals surface area (Å²) in [5.74, 6) is -0.879. The van der Waals surface area contributed by atoms with Gasteiger partial charge >= 0.3 is 6.09 Å². The van der Waals surface area contributed by atoms with Gasteiger partial charge in [-0.3, -0.25) is 5.32 Å². The molecule has 1 saturated heterocycles. The number of alkyl carbamates (subject to hydrolysis) is 1. The molecule has 0 spiro atoms. The highest BCUT2D eigenvalue weighted by Gasteiger charge is 2.63. The highest BCUT2D eigenvalue weighted by atomic mass is 32.2. The van der Waals surface area contributed by atoms with Crippen molar-refractivity contribution in [2.24, 2.45) is 4.99 Å². The second-order valence-electron chi connectivity index (χ2n) is 11.8. The van der Waals surface area contributed by atoms with Gasteiger partial charge in [0.15, 0.2) is 8.32 Å². The van der Waals surface area contributed by atoms with E-state index in [0.717, 1.165) is 4.31 Å². The van der Waals surface area contributed by atoms with Crippen LogP contribution in [-0.4, -0.2) is 70.3 Å². The molecule has 2 heterocycles. The Morgan fingerprint density at radius 3 is 2.42 bits per heavy atom. The molecule has 0 aliphatic carbocycles. The number of rotatable bonds is 4. The van der Waals surface area contributed by atoms with E-state index >= 15 is 4.39 Å². The third-order valence-corrected chi connectivity index (χ3v) is 13.8. The van der Waals surface area contributed by atoms with Crippen LogP contribution in [0.1, 0.15) is 47.1 Å². The molecule has 202 valence electrons. The predicted molar refractivity (Wildman–Crippen MR) is 138 cm³/mol. The molecule has 36 heavy (non-hydrogen) atoms. The minimum absolute atomic E-state index is 0.0226. The van der Waals surface area contributed by atoms with E-state index in [1.807, 2.05) is 0 Å². The summed E-state index contributed by atoms with van der Waals surface area (Å²) in [4.78, 5) is 17.1. The lowest BCUT2D eigenvalue weighted by molar-refractivity contribution is 0.0558. The number of carbonyl (C=O) groups is 1. The summed E-state index contributed by atoms with van der Waals surface area (Å²) in [5.41, 5.74) is -2.36. The van der Waals surface area contributed by atoms with Gasteiger partial charge in [0.1, 0.15) is 28.3 Å². The van der Waals surface area contributed by atoms with Crippen LogP contribution in [0.25, 0.3) is 0 Å². The Morgan fingerprint density at radius 1 is 1.25 bits per heavy atom. The van der Waals surface area contributed by atoms with Crippen LogP contribution in [0.3, 0.4) is 0 Å². The zero-order valence-corrected chi connectivity index (χ0v) is 24.3. The number of nitrogens with one attached hydrogen (secondary N) is 1. The normalized spacial score (nSPS) is 26.3. The number of guanidine groups is 1. The molecule has 1 aromatic carbocycles. The maximum atomic E-state index is 15.2. The molecule has 3 atom stereocenters. The molecular weight excluding hydrogens is 505 g/mol. The highest BCUT2D eigenvalue weighted by molar-refractivity contribution is 7.90. The molecular formula is C24H38FN3O6SSi. The summed E-state index contributed by atoms with van der Waals surface area (Å²) >= 11 is 0. The largest absolute Gasteiger partial charge is 0.444 e. The van der Waals surface area contributed by atoms with Crippen molar-refractivity contribution in [2.75, 3.05) is 20.3 Å². The number of amides is 1. The molecule has 9 nitrogen and oxygen atoms in total. The van der Waals surface area contributed by atoms with Gasteiger partial charge in [-0.2, -0.15) is 0 Å². The number of halogens is 1. The van der Waals surface area contributed by atoms with Gasteiger partial charge in [0.05, 0.1) is 13.2 Å². The number of hydrogen-bond acceptors (Lipinski definition) is 7. The summed E-state index contributed by atoms with van der Waals surface area (Å²) in [5, 5.41) is 1.07. The van der Waals surface area contributed by atoms with Crippen LogP contribution < -0.4 is 5.32 Å². The van der Waals surface area contributed by atoms with Crippen molar-refractivity contribution in [1.82, 2.24) is 9.62 Å². The molecule has 0 aromatic heterocycles. The molecule has 3 rings (SSSR count). The van der Waals surface area contributed by atoms with Gasteiger partial charge in [-0.25, -0.2) is 26.9 Å². The number of fused-ring (bicyclic) bond motifs is 1. The third kappa shape index (κ3) is 5.32. The minimum atomic E-state index is -4.18. The van der Waals surface area contributed by atoms with Crippen molar-refractivity contribution < 1.29 is 31.5 Å². The van der Waals surface area contributed by atoms with Crippen LogP contribution in [0, 0.1) is 5.82 Å².